The van der Waals surface area contributed by atoms with Gasteiger partial charge in [-0.2, -0.15) is 0 Å². The number of nitrogens with zero attached hydrogens (tertiary/aromatic N) is 1. The third kappa shape index (κ3) is 5.00. The maximum Gasteiger partial charge on any atom is 0.340 e. The largest absolute Gasteiger partial charge is 0.444 e. The fourth-order valence-electron chi connectivity index (χ4n) is 3.29. The van der Waals surface area contributed by atoms with E-state index in [-0.39, 0.29) is 21.4 Å². The third-order valence-corrected chi connectivity index (χ3v) is 6.70. The van der Waals surface area contributed by atoms with Crippen LogP contribution in [0.3, 0.4) is 0 Å². The van der Waals surface area contributed by atoms with E-state index in [2.05, 4.69) is 4.72 Å². The lowest BCUT2D eigenvalue weighted by atomic mass is 10.1. The van der Waals surface area contributed by atoms with Crippen LogP contribution in [0.25, 0.3) is 0 Å². The van der Waals surface area contributed by atoms with Crippen molar-refractivity contribution in [1.82, 2.24) is 9.62 Å². The zero-order chi connectivity index (χ0) is 21.7. The Morgan fingerprint density at radius 3 is 2.37 bits per heavy atom. The van der Waals surface area contributed by atoms with E-state index >= 15 is 0 Å². The minimum atomic E-state index is -3.78. The van der Waals surface area contributed by atoms with Gasteiger partial charge in [0.1, 0.15) is 0 Å². The number of carbonyl (C=O) groups excluding carboxylic acids is 2. The molecule has 160 valence electrons. The molecule has 1 saturated heterocycles. The number of amides is 1. The van der Waals surface area contributed by atoms with E-state index in [0.717, 1.165) is 25.3 Å². The van der Waals surface area contributed by atoms with E-state index in [9.17, 15) is 18.0 Å². The quantitative estimate of drug-likeness (QED) is 0.682. The fraction of sp³-hybridized carbons (Fsp3) is 0.333. The molecule has 0 aromatic heterocycles. The Morgan fingerprint density at radius 2 is 1.73 bits per heavy atom. The van der Waals surface area contributed by atoms with Gasteiger partial charge in [-0.3, -0.25) is 4.79 Å². The van der Waals surface area contributed by atoms with Crippen molar-refractivity contribution in [2.45, 2.75) is 30.3 Å². The Hall–Kier alpha value is -2.42. The molecular weight excluding hydrogens is 428 g/mol. The van der Waals surface area contributed by atoms with Gasteiger partial charge in [-0.1, -0.05) is 41.9 Å². The molecule has 1 aliphatic rings. The molecule has 1 amide bonds. The van der Waals surface area contributed by atoms with Crippen molar-refractivity contribution in [2.24, 2.45) is 0 Å². The van der Waals surface area contributed by atoms with Gasteiger partial charge < -0.3 is 9.64 Å². The number of sulfonamides is 1. The predicted octanol–water partition coefficient (Wildman–Crippen LogP) is 3.16. The lowest BCUT2D eigenvalue weighted by Crippen LogP contribution is -2.40. The van der Waals surface area contributed by atoms with Gasteiger partial charge in [-0.05, 0) is 44.5 Å². The Kier molecular flexibility index (Phi) is 7.12. The smallest absolute Gasteiger partial charge is 0.340 e. The molecule has 1 heterocycles. The van der Waals surface area contributed by atoms with Crippen LogP contribution in [0.15, 0.2) is 53.4 Å². The maximum atomic E-state index is 13.1. The number of piperidine rings is 1. The van der Waals surface area contributed by atoms with Crippen LogP contribution in [-0.2, 0) is 19.6 Å². The summed E-state index contributed by atoms with van der Waals surface area (Å²) in [6.07, 6.45) is 1.72. The van der Waals surface area contributed by atoms with Crippen LogP contribution >= 0.6 is 11.6 Å². The number of rotatable bonds is 6. The fourth-order valence-corrected chi connectivity index (χ4v) is 4.24. The van der Waals surface area contributed by atoms with E-state index in [1.807, 2.05) is 0 Å². The van der Waals surface area contributed by atoms with Gasteiger partial charge in [-0.15, -0.1) is 0 Å². The number of likely N-dealkylation sites (tertiary alicyclic amines) is 1. The normalized spacial score (nSPS) is 15.5. The molecule has 0 aliphatic carbocycles. The Morgan fingerprint density at radius 1 is 1.07 bits per heavy atom. The first kappa shape index (κ1) is 22.3. The Labute approximate surface area is 181 Å². The van der Waals surface area contributed by atoms with Crippen molar-refractivity contribution in [2.75, 3.05) is 20.1 Å². The highest BCUT2D eigenvalue weighted by molar-refractivity contribution is 7.89. The molecule has 0 saturated carbocycles. The molecule has 0 spiro atoms. The second-order valence-corrected chi connectivity index (χ2v) is 9.22. The monoisotopic (exact) mass is 450 g/mol. The molecular formula is C21H23ClN2O5S. The molecule has 2 aromatic rings. The summed E-state index contributed by atoms with van der Waals surface area (Å²) in [6, 6.07) is 12.5. The number of esters is 1. The maximum absolute atomic E-state index is 13.1. The molecule has 0 radical (unpaired) electrons. The van der Waals surface area contributed by atoms with E-state index in [0.29, 0.717) is 18.7 Å². The van der Waals surface area contributed by atoms with Crippen LogP contribution in [0.1, 0.15) is 41.3 Å². The van der Waals surface area contributed by atoms with Crippen LogP contribution < -0.4 is 4.72 Å². The van der Waals surface area contributed by atoms with Crippen molar-refractivity contribution < 1.29 is 22.7 Å². The molecule has 1 unspecified atom stereocenters. The number of nitrogens with one attached hydrogen (secondary N) is 1. The van der Waals surface area contributed by atoms with Gasteiger partial charge in [-0.25, -0.2) is 17.9 Å². The van der Waals surface area contributed by atoms with Gasteiger partial charge in [0, 0.05) is 18.7 Å². The standard InChI is InChI=1S/C21H23ClN2O5S/c1-23-30(27,28)16-10-11-18(22)17(14-16)21(26)29-19(15-8-4-2-5-9-15)20(25)24-12-6-3-7-13-24/h2,4-5,8-11,14,19,23H,3,6-7,12-13H2,1H3. The minimum Gasteiger partial charge on any atom is -0.444 e. The van der Waals surface area contributed by atoms with Crippen LogP contribution in [0.4, 0.5) is 0 Å². The summed E-state index contributed by atoms with van der Waals surface area (Å²) in [4.78, 5) is 27.6. The number of hydrogen-bond donors (Lipinski definition) is 1. The molecule has 3 rings (SSSR count). The zero-order valence-corrected chi connectivity index (χ0v) is 18.1. The highest BCUT2D eigenvalue weighted by Crippen LogP contribution is 2.27. The molecule has 1 aliphatic heterocycles. The molecule has 9 heteroatoms. The molecule has 2 aromatic carbocycles. The molecule has 1 fully saturated rings. The third-order valence-electron chi connectivity index (χ3n) is 4.96. The summed E-state index contributed by atoms with van der Waals surface area (Å²) in [6.45, 7) is 1.22. The molecule has 1 atom stereocenters. The summed E-state index contributed by atoms with van der Waals surface area (Å²) >= 11 is 6.13. The number of carbonyl (C=O) groups is 2. The van der Waals surface area contributed by atoms with Crippen molar-refractivity contribution in [3.63, 3.8) is 0 Å². The Bertz CT molecular complexity index is 1020. The highest BCUT2D eigenvalue weighted by atomic mass is 35.5. The first-order chi connectivity index (χ1) is 14.3. The molecule has 30 heavy (non-hydrogen) atoms. The second-order valence-electron chi connectivity index (χ2n) is 6.93. The van der Waals surface area contributed by atoms with Crippen LogP contribution in [0.2, 0.25) is 5.02 Å². The molecule has 1 N–H and O–H groups in total. The topological polar surface area (TPSA) is 92.8 Å². The summed E-state index contributed by atoms with van der Waals surface area (Å²) in [5, 5.41) is 0.0345. The van der Waals surface area contributed by atoms with E-state index in [4.69, 9.17) is 16.3 Å². The van der Waals surface area contributed by atoms with Crippen LogP contribution in [0, 0.1) is 0 Å². The van der Waals surface area contributed by atoms with Gasteiger partial charge in [0.15, 0.2) is 0 Å². The van der Waals surface area contributed by atoms with Gasteiger partial charge in [0.05, 0.1) is 15.5 Å². The van der Waals surface area contributed by atoms with Crippen LogP contribution in [-0.4, -0.2) is 45.3 Å². The van der Waals surface area contributed by atoms with Crippen molar-refractivity contribution in [1.29, 1.82) is 0 Å². The first-order valence-corrected chi connectivity index (χ1v) is 11.5. The average Bonchev–Trinajstić information content (AvgIpc) is 2.78. The van der Waals surface area contributed by atoms with Gasteiger partial charge in [0.2, 0.25) is 16.1 Å². The summed E-state index contributed by atoms with van der Waals surface area (Å²) in [7, 11) is -2.51. The minimum absolute atomic E-state index is 0.0345. The van der Waals surface area contributed by atoms with E-state index in [1.54, 1.807) is 35.2 Å². The van der Waals surface area contributed by atoms with Crippen LogP contribution in [0.5, 0.6) is 0 Å². The second kappa shape index (κ2) is 9.59. The Balaban J connectivity index is 1.92. The number of ether oxygens (including phenoxy) is 1. The predicted molar refractivity (Wildman–Crippen MR) is 113 cm³/mol. The lowest BCUT2D eigenvalue weighted by Gasteiger charge is -2.30. The summed E-state index contributed by atoms with van der Waals surface area (Å²) in [5.41, 5.74) is 0.414. The van der Waals surface area contributed by atoms with E-state index < -0.39 is 22.1 Å². The van der Waals surface area contributed by atoms with Crippen molar-refractivity contribution in [3.05, 3.63) is 64.7 Å². The first-order valence-electron chi connectivity index (χ1n) is 9.61. The van der Waals surface area contributed by atoms with Crippen molar-refractivity contribution in [3.8, 4) is 0 Å². The lowest BCUT2D eigenvalue weighted by molar-refractivity contribution is -0.142. The molecule has 7 nitrogen and oxygen atoms in total. The van der Waals surface area contributed by atoms with Gasteiger partial charge in [0.25, 0.3) is 5.91 Å². The highest BCUT2D eigenvalue weighted by Gasteiger charge is 2.31. The average molecular weight is 451 g/mol. The summed E-state index contributed by atoms with van der Waals surface area (Å²) < 4.78 is 31.9. The number of hydrogen-bond acceptors (Lipinski definition) is 5. The summed E-state index contributed by atoms with van der Waals surface area (Å²) in [5.74, 6) is -1.17. The number of halogens is 1. The number of benzene rings is 2. The van der Waals surface area contributed by atoms with Gasteiger partial charge >= 0.3 is 5.97 Å². The van der Waals surface area contributed by atoms with Crippen molar-refractivity contribution >= 4 is 33.5 Å². The molecule has 0 bridgehead atoms. The SMILES string of the molecule is CNS(=O)(=O)c1ccc(Cl)c(C(=O)OC(C(=O)N2CCCCC2)c2ccccc2)c1. The van der Waals surface area contributed by atoms with E-state index in [1.165, 1.54) is 19.2 Å². The zero-order valence-electron chi connectivity index (χ0n) is 16.5.